The average molecular weight is 237 g/mol. The summed E-state index contributed by atoms with van der Waals surface area (Å²) in [6.45, 7) is 1.16. The number of aromatic amines is 1. The number of ether oxygens (including phenoxy) is 2. The van der Waals surface area contributed by atoms with Gasteiger partial charge in [0, 0.05) is 13.0 Å². The molecule has 6 nitrogen and oxygen atoms in total. The van der Waals surface area contributed by atoms with Crippen LogP contribution in [0.3, 0.4) is 0 Å². The van der Waals surface area contributed by atoms with Crippen LogP contribution in [0.1, 0.15) is 11.0 Å². The first kappa shape index (κ1) is 7.83. The minimum Gasteiger partial charge on any atom is -0.493 e. The molecule has 0 amide bonds. The van der Waals surface area contributed by atoms with Crippen molar-refractivity contribution in [3.8, 4) is 11.5 Å². The van der Waals surface area contributed by atoms with E-state index in [1.165, 1.54) is 18.5 Å². The Labute approximate surface area is 100 Å². The summed E-state index contributed by atoms with van der Waals surface area (Å²) in [4.78, 5) is 28.9. The van der Waals surface area contributed by atoms with Crippen molar-refractivity contribution in [2.24, 2.45) is 0 Å². The molecule has 0 saturated carbocycles. The number of hydrogen-bond acceptors (Lipinski definition) is 5. The molecule has 0 fully saturated rings. The molecule has 0 atom stereocenters. The van der Waals surface area contributed by atoms with Crippen LogP contribution in [-0.4, -0.2) is 23.0 Å². The number of nitrogens with one attached hydrogen (secondary N) is 1. The van der Waals surface area contributed by atoms with Gasteiger partial charge in [0.05, 0.1) is 28.4 Å². The Morgan fingerprint density at radius 2 is 2.29 bits per heavy atom. The van der Waals surface area contributed by atoms with Gasteiger partial charge in [-0.3, -0.25) is 9.59 Å². The number of carbonyl (C=O) groups excluding carboxylic acids is 1. The van der Waals surface area contributed by atoms with E-state index in [-0.39, 0.29) is 22.4 Å². The van der Waals surface area contributed by atoms with Gasteiger partial charge in [-0.1, -0.05) is 0 Å². The Bertz CT molecular complexity index is 724. The third kappa shape index (κ3) is 2.10. The lowest BCUT2D eigenvalue weighted by molar-refractivity contribution is -0.131. The van der Waals surface area contributed by atoms with Gasteiger partial charge in [-0.15, -0.1) is 0 Å². The number of hydrogen-bond donors (Lipinski definition) is 1. The Balaban J connectivity index is 2.64. The van der Waals surface area contributed by atoms with E-state index in [0.29, 0.717) is 0 Å². The average Bonchev–Trinajstić information content (AvgIpc) is 2.28. The zero-order chi connectivity index (χ0) is 14.9. The Morgan fingerprint density at radius 1 is 1.47 bits per heavy atom. The van der Waals surface area contributed by atoms with Crippen molar-refractivity contribution in [2.75, 3.05) is 7.04 Å². The standard InChI is InChI=1S/C11H10N2O4/c1-6(14)17-10-4-8-7(3-9(10)16-2)11(15)13-5-12-8/h3-5H,1-2H3,(H,12,13,15)/i2D3. The van der Waals surface area contributed by atoms with Gasteiger partial charge in [-0.2, -0.15) is 0 Å². The number of carbonyl (C=O) groups is 1. The molecule has 0 unspecified atom stereocenters. The lowest BCUT2D eigenvalue weighted by atomic mass is 10.2. The molecule has 88 valence electrons. The van der Waals surface area contributed by atoms with Gasteiger partial charge in [0.2, 0.25) is 0 Å². The van der Waals surface area contributed by atoms with Crippen molar-refractivity contribution in [3.63, 3.8) is 0 Å². The number of rotatable bonds is 2. The van der Waals surface area contributed by atoms with E-state index in [4.69, 9.17) is 13.6 Å². The molecule has 0 aliphatic heterocycles. The number of fused-ring (bicyclic) bond motifs is 1. The van der Waals surface area contributed by atoms with Gasteiger partial charge in [0.1, 0.15) is 0 Å². The second-order valence-corrected chi connectivity index (χ2v) is 3.24. The highest BCUT2D eigenvalue weighted by Crippen LogP contribution is 2.30. The van der Waals surface area contributed by atoms with Crippen LogP contribution in [0.2, 0.25) is 0 Å². The molecule has 1 N–H and O–H groups in total. The molecule has 1 aromatic carbocycles. The minimum atomic E-state index is -2.74. The molecular weight excluding hydrogens is 224 g/mol. The van der Waals surface area contributed by atoms with E-state index in [9.17, 15) is 9.59 Å². The van der Waals surface area contributed by atoms with Gasteiger partial charge in [-0.05, 0) is 6.07 Å². The van der Waals surface area contributed by atoms with Crippen molar-refractivity contribution in [1.82, 2.24) is 9.97 Å². The summed E-state index contributed by atoms with van der Waals surface area (Å²) in [6.07, 6.45) is 1.19. The monoisotopic (exact) mass is 237 g/mol. The molecule has 0 saturated heterocycles. The highest BCUT2D eigenvalue weighted by atomic mass is 16.6. The molecule has 1 aromatic heterocycles. The maximum atomic E-state index is 11.6. The number of esters is 1. The number of nitrogens with zero attached hydrogens (tertiary/aromatic N) is 1. The topological polar surface area (TPSA) is 81.3 Å². The van der Waals surface area contributed by atoms with Gasteiger partial charge >= 0.3 is 5.97 Å². The molecule has 6 heteroatoms. The smallest absolute Gasteiger partial charge is 0.308 e. The SMILES string of the molecule is [2H]C([2H])([2H])Oc1cc2c(=O)[nH]cnc2cc1OC(C)=O. The van der Waals surface area contributed by atoms with Crippen LogP contribution in [0.4, 0.5) is 0 Å². The molecule has 2 rings (SSSR count). The summed E-state index contributed by atoms with van der Waals surface area (Å²) in [5, 5.41) is 0.127. The second kappa shape index (κ2) is 4.25. The zero-order valence-corrected chi connectivity index (χ0v) is 8.81. The van der Waals surface area contributed by atoms with Crippen LogP contribution in [0.15, 0.2) is 23.3 Å². The second-order valence-electron chi connectivity index (χ2n) is 3.24. The van der Waals surface area contributed by atoms with E-state index < -0.39 is 18.6 Å². The van der Waals surface area contributed by atoms with Crippen molar-refractivity contribution in [1.29, 1.82) is 0 Å². The van der Waals surface area contributed by atoms with Crippen LogP contribution in [0.25, 0.3) is 10.9 Å². The summed E-state index contributed by atoms with van der Waals surface area (Å²) < 4.78 is 30.8. The first-order valence-corrected chi connectivity index (χ1v) is 4.65. The van der Waals surface area contributed by atoms with E-state index in [0.717, 1.165) is 6.92 Å². The number of H-pyrrole nitrogens is 1. The lowest BCUT2D eigenvalue weighted by Gasteiger charge is -2.08. The predicted molar refractivity (Wildman–Crippen MR) is 60.2 cm³/mol. The Hall–Kier alpha value is -2.37. The summed E-state index contributed by atoms with van der Waals surface area (Å²) in [5.41, 5.74) is -0.206. The van der Waals surface area contributed by atoms with Crippen molar-refractivity contribution in [3.05, 3.63) is 28.8 Å². The van der Waals surface area contributed by atoms with E-state index in [2.05, 4.69) is 9.97 Å². The number of benzene rings is 1. The van der Waals surface area contributed by atoms with Crippen LogP contribution in [0.5, 0.6) is 11.5 Å². The van der Waals surface area contributed by atoms with Crippen LogP contribution >= 0.6 is 0 Å². The minimum absolute atomic E-state index is 0.112. The quantitative estimate of drug-likeness (QED) is 0.618. The number of methoxy groups -OCH3 is 1. The predicted octanol–water partition coefficient (Wildman–Crippen LogP) is 0.857. The van der Waals surface area contributed by atoms with Gasteiger partial charge in [0.25, 0.3) is 5.56 Å². The van der Waals surface area contributed by atoms with Gasteiger partial charge in [0.15, 0.2) is 11.5 Å². The zero-order valence-electron chi connectivity index (χ0n) is 11.8. The molecule has 0 aliphatic carbocycles. The fourth-order valence-electron chi connectivity index (χ4n) is 1.39. The van der Waals surface area contributed by atoms with E-state index >= 15 is 0 Å². The molecule has 0 aliphatic rings. The van der Waals surface area contributed by atoms with Crippen molar-refractivity contribution < 1.29 is 18.4 Å². The lowest BCUT2D eigenvalue weighted by Crippen LogP contribution is -2.08. The summed E-state index contributed by atoms with van der Waals surface area (Å²) >= 11 is 0. The molecule has 0 bridgehead atoms. The van der Waals surface area contributed by atoms with Crippen LogP contribution < -0.4 is 15.0 Å². The largest absolute Gasteiger partial charge is 0.493 e. The molecule has 2 aromatic rings. The first-order valence-electron chi connectivity index (χ1n) is 6.15. The van der Waals surface area contributed by atoms with Crippen molar-refractivity contribution in [2.45, 2.75) is 6.92 Å². The fourth-order valence-corrected chi connectivity index (χ4v) is 1.39. The molecule has 1 heterocycles. The maximum absolute atomic E-state index is 11.6. The van der Waals surface area contributed by atoms with Crippen LogP contribution in [-0.2, 0) is 4.79 Å². The van der Waals surface area contributed by atoms with E-state index in [1.54, 1.807) is 0 Å². The molecule has 17 heavy (non-hydrogen) atoms. The van der Waals surface area contributed by atoms with Crippen LogP contribution in [0, 0.1) is 0 Å². The Morgan fingerprint density at radius 3 is 3.00 bits per heavy atom. The summed E-state index contributed by atoms with van der Waals surface area (Å²) in [6, 6.07) is 2.44. The fraction of sp³-hybridized carbons (Fsp3) is 0.182. The Kier molecular flexibility index (Phi) is 1.96. The molecule has 0 spiro atoms. The van der Waals surface area contributed by atoms with Gasteiger partial charge in [-0.25, -0.2) is 4.98 Å². The van der Waals surface area contributed by atoms with Crippen molar-refractivity contribution >= 4 is 16.9 Å². The summed E-state index contributed by atoms with van der Waals surface area (Å²) in [7, 11) is -2.74. The molecular formula is C11H10N2O4. The third-order valence-corrected chi connectivity index (χ3v) is 2.07. The van der Waals surface area contributed by atoms with E-state index in [1.807, 2.05) is 0 Å². The first-order chi connectivity index (χ1) is 9.26. The van der Waals surface area contributed by atoms with Gasteiger partial charge < -0.3 is 14.5 Å². The highest BCUT2D eigenvalue weighted by molar-refractivity contribution is 5.83. The highest BCUT2D eigenvalue weighted by Gasteiger charge is 2.11. The number of aromatic nitrogens is 2. The maximum Gasteiger partial charge on any atom is 0.308 e. The summed E-state index contributed by atoms with van der Waals surface area (Å²) in [5.74, 6) is -0.991. The third-order valence-electron chi connectivity index (χ3n) is 2.07. The molecule has 0 radical (unpaired) electrons. The normalized spacial score (nSPS) is 13.6.